The first-order chi connectivity index (χ1) is 37.7. The Bertz CT molecular complexity index is 4640. The summed E-state index contributed by atoms with van der Waals surface area (Å²) in [6.45, 7) is 0. The predicted octanol–water partition coefficient (Wildman–Crippen LogP) is 11.1. The first-order valence-electron chi connectivity index (χ1n) is 26.2. The van der Waals surface area contributed by atoms with Crippen LogP contribution in [0.15, 0.2) is 279 Å². The normalized spacial score (nSPS) is 16.3. The van der Waals surface area contributed by atoms with Crippen LogP contribution in [0.5, 0.6) is 0 Å². The lowest BCUT2D eigenvalue weighted by molar-refractivity contribution is 1.18. The molecule has 2 aliphatic rings. The van der Waals surface area contributed by atoms with Gasteiger partial charge in [-0.05, 0) is 71.8 Å². The van der Waals surface area contributed by atoms with Crippen LogP contribution in [0.2, 0.25) is 0 Å². The van der Waals surface area contributed by atoms with E-state index >= 15 is 0 Å². The second kappa shape index (κ2) is 16.5. The number of hydrogen-bond acceptors (Lipinski definition) is 2. The van der Waals surface area contributed by atoms with Crippen LogP contribution in [0.4, 0.5) is 0 Å². The van der Waals surface area contributed by atoms with Crippen molar-refractivity contribution in [1.82, 2.24) is 19.1 Å². The first kappa shape index (κ1) is 43.0. The van der Waals surface area contributed by atoms with Gasteiger partial charge in [0.25, 0.3) is 0 Å². The summed E-state index contributed by atoms with van der Waals surface area (Å²) < 4.78 is 5.05. The van der Waals surface area contributed by atoms with E-state index in [-0.39, 0.29) is 0 Å². The Morgan fingerprint density at radius 1 is 0.263 bits per heavy atom. The molecule has 5 heterocycles. The van der Waals surface area contributed by atoms with E-state index in [0.717, 1.165) is 28.1 Å². The number of hydrogen-bond donors (Lipinski definition) is 0. The lowest BCUT2D eigenvalue weighted by Gasteiger charge is -2.40. The average Bonchev–Trinajstić information content (AvgIpc) is 4.23. The summed E-state index contributed by atoms with van der Waals surface area (Å²) in [5.41, 5.74) is 12.5. The third-order valence-electron chi connectivity index (χ3n) is 16.7. The highest BCUT2D eigenvalue weighted by Gasteiger charge is 2.49. The highest BCUT2D eigenvalue weighted by Crippen LogP contribution is 2.38. The lowest BCUT2D eigenvalue weighted by atomic mass is 10.1. The van der Waals surface area contributed by atoms with Crippen molar-refractivity contribution in [3.05, 3.63) is 279 Å². The van der Waals surface area contributed by atoms with Gasteiger partial charge >= 0.3 is 0 Å². The summed E-state index contributed by atoms with van der Waals surface area (Å²) in [6.07, 6.45) is 0. The lowest BCUT2D eigenvalue weighted by Crippen LogP contribution is -2.76. The SMILES string of the molecule is c1ccc(-c2nc(-c3ccc([Si]4(c5ccccc5)c5ccccc5-n5c6ccccc6c6cccc4c65)cc3)cc(-c3cccc([Si]4(c5ccccc5)c5ccccc5-n5c6ccccc6c6cccc4c65)c3)n2)cc1. The van der Waals surface area contributed by atoms with Crippen LogP contribution < -0.4 is 41.5 Å². The number of benzene rings is 11. The van der Waals surface area contributed by atoms with Gasteiger partial charge in [-0.25, -0.2) is 9.97 Å². The number of aromatic nitrogens is 4. The number of para-hydroxylation sites is 6. The summed E-state index contributed by atoms with van der Waals surface area (Å²) >= 11 is 0. The highest BCUT2D eigenvalue weighted by molar-refractivity contribution is 7.22. The molecule has 11 aromatic carbocycles. The first-order valence-corrected chi connectivity index (χ1v) is 30.2. The molecular weight excluding hydrogens is 953 g/mol. The van der Waals surface area contributed by atoms with Gasteiger partial charge in [0.15, 0.2) is 22.0 Å². The molecule has 2 unspecified atom stereocenters. The minimum atomic E-state index is -2.98. The van der Waals surface area contributed by atoms with Crippen molar-refractivity contribution in [1.29, 1.82) is 0 Å². The van der Waals surface area contributed by atoms with Crippen molar-refractivity contribution in [3.63, 3.8) is 0 Å². The molecule has 354 valence electrons. The molecule has 0 saturated carbocycles. The molecule has 0 fully saturated rings. The molecule has 0 saturated heterocycles. The number of fused-ring (bicyclic) bond motifs is 10. The van der Waals surface area contributed by atoms with Gasteiger partial charge in [0.1, 0.15) is 0 Å². The second-order valence-corrected chi connectivity index (χ2v) is 27.8. The summed E-state index contributed by atoms with van der Waals surface area (Å²) in [4.78, 5) is 10.9. The average molecular weight is 999 g/mol. The van der Waals surface area contributed by atoms with E-state index in [4.69, 9.17) is 9.97 Å². The monoisotopic (exact) mass is 998 g/mol. The maximum atomic E-state index is 5.46. The molecule has 2 atom stereocenters. The predicted molar refractivity (Wildman–Crippen MR) is 321 cm³/mol. The van der Waals surface area contributed by atoms with E-state index < -0.39 is 16.1 Å². The molecule has 0 radical (unpaired) electrons. The van der Waals surface area contributed by atoms with Gasteiger partial charge in [0.05, 0.1) is 33.5 Å². The molecule has 14 aromatic rings. The quantitative estimate of drug-likeness (QED) is 0.149. The zero-order chi connectivity index (χ0) is 50.0. The summed E-state index contributed by atoms with van der Waals surface area (Å²) in [5, 5.41) is 16.1. The van der Waals surface area contributed by atoms with E-state index in [1.807, 2.05) is 0 Å². The Labute approximate surface area is 442 Å². The Morgan fingerprint density at radius 2 is 0.658 bits per heavy atom. The molecule has 0 bridgehead atoms. The molecular formula is C70H46N4Si2. The van der Waals surface area contributed by atoms with Crippen LogP contribution in [-0.4, -0.2) is 35.2 Å². The highest BCUT2D eigenvalue weighted by atomic mass is 28.3. The molecule has 6 heteroatoms. The van der Waals surface area contributed by atoms with Gasteiger partial charge in [-0.1, -0.05) is 249 Å². The van der Waals surface area contributed by atoms with E-state index in [2.05, 4.69) is 288 Å². The smallest absolute Gasteiger partial charge is 0.184 e. The van der Waals surface area contributed by atoms with Crippen molar-refractivity contribution in [2.75, 3.05) is 0 Å². The topological polar surface area (TPSA) is 35.6 Å². The van der Waals surface area contributed by atoms with E-state index in [1.54, 1.807) is 0 Å². The second-order valence-electron chi connectivity index (χ2n) is 20.4. The van der Waals surface area contributed by atoms with Crippen molar-refractivity contribution >= 4 is 101 Å². The van der Waals surface area contributed by atoms with E-state index in [0.29, 0.717) is 5.82 Å². The van der Waals surface area contributed by atoms with Gasteiger partial charge in [-0.15, -0.1) is 0 Å². The summed E-state index contributed by atoms with van der Waals surface area (Å²) in [6, 6.07) is 104. The van der Waals surface area contributed by atoms with Gasteiger partial charge in [-0.2, -0.15) is 0 Å². The Balaban J connectivity index is 0.900. The third kappa shape index (κ3) is 5.88. The van der Waals surface area contributed by atoms with Gasteiger partial charge in [0, 0.05) is 49.6 Å². The fraction of sp³-hybridized carbons (Fsp3) is 0. The van der Waals surface area contributed by atoms with Crippen LogP contribution in [0.25, 0.3) is 88.9 Å². The Hall–Kier alpha value is -9.47. The largest absolute Gasteiger partial charge is 0.309 e. The van der Waals surface area contributed by atoms with Crippen molar-refractivity contribution in [2.45, 2.75) is 0 Å². The molecule has 76 heavy (non-hydrogen) atoms. The Kier molecular flexibility index (Phi) is 9.34. The van der Waals surface area contributed by atoms with Crippen LogP contribution in [-0.2, 0) is 0 Å². The van der Waals surface area contributed by atoms with Gasteiger partial charge in [-0.3, -0.25) is 0 Å². The molecule has 0 amide bonds. The van der Waals surface area contributed by atoms with Crippen LogP contribution in [0, 0.1) is 0 Å². The van der Waals surface area contributed by atoms with Gasteiger partial charge < -0.3 is 9.13 Å². The molecule has 0 spiro atoms. The third-order valence-corrected chi connectivity index (χ3v) is 26.3. The van der Waals surface area contributed by atoms with Crippen LogP contribution in [0.1, 0.15) is 0 Å². The molecule has 0 aliphatic carbocycles. The minimum absolute atomic E-state index is 0.700. The zero-order valence-electron chi connectivity index (χ0n) is 41.3. The van der Waals surface area contributed by atoms with Crippen molar-refractivity contribution in [3.8, 4) is 45.3 Å². The maximum absolute atomic E-state index is 5.46. The zero-order valence-corrected chi connectivity index (χ0v) is 43.3. The van der Waals surface area contributed by atoms with Crippen molar-refractivity contribution < 1.29 is 0 Å². The fourth-order valence-electron chi connectivity index (χ4n) is 13.6. The van der Waals surface area contributed by atoms with Crippen LogP contribution in [0.3, 0.4) is 0 Å². The standard InChI is InChI=1S/C70H46N4Si2/c1-4-21-48(22-5-1)70-71-58(47-41-43-52(44-42-47)75(50-24-6-2-7-25-50)64-37-16-14-35-62(64)73-60-33-12-10-29-54(60)56-31-19-39-66(75)68(56)73)46-59(72-70)49-23-18-28-53(45-49)76(51-26-8-3-9-27-51)65-38-17-15-36-63(65)74-61-34-13-11-30-55(61)57-32-20-40-67(76)69(57)74/h1-46H. The summed E-state index contributed by atoms with van der Waals surface area (Å²) in [5.74, 6) is 0.700. The van der Waals surface area contributed by atoms with E-state index in [9.17, 15) is 0 Å². The Morgan fingerprint density at radius 3 is 1.22 bits per heavy atom. The van der Waals surface area contributed by atoms with E-state index in [1.165, 1.54) is 96.5 Å². The minimum Gasteiger partial charge on any atom is -0.309 e. The molecule has 16 rings (SSSR count). The van der Waals surface area contributed by atoms with Gasteiger partial charge in [0.2, 0.25) is 0 Å². The van der Waals surface area contributed by atoms with Crippen LogP contribution >= 0.6 is 0 Å². The van der Waals surface area contributed by atoms with Crippen molar-refractivity contribution in [2.24, 2.45) is 0 Å². The number of rotatable bonds is 7. The number of nitrogens with zero attached hydrogens (tertiary/aromatic N) is 4. The maximum Gasteiger partial charge on any atom is 0.184 e. The molecule has 0 N–H and O–H groups in total. The molecule has 3 aromatic heterocycles. The molecule has 4 nitrogen and oxygen atoms in total. The molecule has 2 aliphatic heterocycles. The summed E-state index contributed by atoms with van der Waals surface area (Å²) in [7, 11) is -5.89. The fourth-order valence-corrected chi connectivity index (χ4v) is 23.9.